The topological polar surface area (TPSA) is 98.7 Å². The van der Waals surface area contributed by atoms with E-state index >= 15 is 0 Å². The molecule has 0 aliphatic carbocycles. The summed E-state index contributed by atoms with van der Waals surface area (Å²) in [5.41, 5.74) is 2.10. The number of fused-ring (bicyclic) bond motifs is 1. The smallest absolute Gasteiger partial charge is 0.270 e. The summed E-state index contributed by atoms with van der Waals surface area (Å²) < 4.78 is 0. The van der Waals surface area contributed by atoms with Crippen LogP contribution in [0.3, 0.4) is 0 Å². The van der Waals surface area contributed by atoms with Crippen molar-refractivity contribution in [1.29, 1.82) is 0 Å². The molecule has 0 fully saturated rings. The van der Waals surface area contributed by atoms with E-state index in [0.717, 1.165) is 5.56 Å². The average molecular weight is 466 g/mol. The Morgan fingerprint density at radius 1 is 1.18 bits per heavy atom. The highest BCUT2D eigenvalue weighted by Gasteiger charge is 2.28. The highest BCUT2D eigenvalue weighted by molar-refractivity contribution is 6.40. The number of nitrogens with one attached hydrogen (secondary N) is 1. The van der Waals surface area contributed by atoms with Gasteiger partial charge in [0, 0.05) is 24.4 Å². The first-order valence-electron chi connectivity index (χ1n) is 10.8. The molecule has 170 valence electrons. The van der Waals surface area contributed by atoms with Gasteiger partial charge in [-0.3, -0.25) is 14.4 Å². The fourth-order valence-corrected chi connectivity index (χ4v) is 3.96. The van der Waals surface area contributed by atoms with Gasteiger partial charge in [0.05, 0.1) is 23.1 Å². The molecule has 4 rings (SSSR count). The van der Waals surface area contributed by atoms with E-state index in [1.807, 2.05) is 32.0 Å². The number of anilines is 1. The van der Waals surface area contributed by atoms with Crippen LogP contribution in [0.5, 0.6) is 0 Å². The summed E-state index contributed by atoms with van der Waals surface area (Å²) >= 11 is 6.05. The van der Waals surface area contributed by atoms with E-state index in [2.05, 4.69) is 15.1 Å². The molecule has 1 aliphatic rings. The van der Waals surface area contributed by atoms with Gasteiger partial charge in [0.1, 0.15) is 11.5 Å². The maximum Gasteiger partial charge on any atom is 0.270 e. The molecule has 8 nitrogen and oxygen atoms in total. The fraction of sp³-hybridized carbons (Fsp3) is 0.292. The maximum atomic E-state index is 13.4. The van der Waals surface area contributed by atoms with Gasteiger partial charge in [-0.1, -0.05) is 30.7 Å². The number of rotatable bonds is 6. The third kappa shape index (κ3) is 4.96. The molecule has 33 heavy (non-hydrogen) atoms. The third-order valence-corrected chi connectivity index (χ3v) is 5.60. The third-order valence-electron chi connectivity index (χ3n) is 5.36. The highest BCUT2D eigenvalue weighted by Crippen LogP contribution is 2.22. The number of benzene rings is 2. The van der Waals surface area contributed by atoms with Gasteiger partial charge in [0.15, 0.2) is 0 Å². The van der Waals surface area contributed by atoms with Crippen LogP contribution < -0.4 is 10.6 Å². The van der Waals surface area contributed by atoms with Crippen molar-refractivity contribution in [1.82, 2.24) is 14.9 Å². The van der Waals surface area contributed by atoms with Crippen molar-refractivity contribution in [2.24, 2.45) is 5.10 Å². The van der Waals surface area contributed by atoms with Crippen molar-refractivity contribution in [2.75, 3.05) is 11.6 Å². The summed E-state index contributed by atoms with van der Waals surface area (Å²) in [4.78, 5) is 47.2. The maximum absolute atomic E-state index is 13.4. The van der Waals surface area contributed by atoms with Crippen LogP contribution in [0.4, 0.5) is 5.69 Å². The quantitative estimate of drug-likeness (QED) is 0.598. The molecule has 0 saturated carbocycles. The molecule has 2 heterocycles. The Bertz CT molecular complexity index is 1320. The van der Waals surface area contributed by atoms with Gasteiger partial charge >= 0.3 is 0 Å². The highest BCUT2D eigenvalue weighted by atomic mass is 35.5. The van der Waals surface area contributed by atoms with Crippen LogP contribution in [0.2, 0.25) is 5.02 Å². The predicted molar refractivity (Wildman–Crippen MR) is 128 cm³/mol. The Labute approximate surface area is 195 Å². The first-order valence-corrected chi connectivity index (χ1v) is 11.2. The molecular weight excluding hydrogens is 442 g/mol. The molecule has 9 heteroatoms. The number of carbonyl (C=O) groups excluding carboxylic acids is 2. The van der Waals surface area contributed by atoms with Crippen LogP contribution in [0.1, 0.15) is 37.6 Å². The standard InChI is InChI=1S/C24H24ClN5O3/c1-3-11-29(14-21-26-20-13-16(25)7-8-18(20)23(32)27-21)24(33)19-9-10-22(31)30(28-19)17-6-4-5-15(2)12-17/h4-8,12-13H,3,9-11,14H2,1-2H3,(H,26,27,32). The van der Waals surface area contributed by atoms with Gasteiger partial charge < -0.3 is 9.88 Å². The Balaban J connectivity index is 1.63. The zero-order valence-corrected chi connectivity index (χ0v) is 19.2. The van der Waals surface area contributed by atoms with Gasteiger partial charge in [0.2, 0.25) is 5.91 Å². The second-order valence-electron chi connectivity index (χ2n) is 7.99. The minimum atomic E-state index is -0.290. The van der Waals surface area contributed by atoms with Gasteiger partial charge in [-0.2, -0.15) is 5.10 Å². The summed E-state index contributed by atoms with van der Waals surface area (Å²) in [5, 5.41) is 6.60. The molecule has 1 aliphatic heterocycles. The number of hydrogen-bond donors (Lipinski definition) is 1. The van der Waals surface area contributed by atoms with E-state index in [0.29, 0.717) is 46.1 Å². The van der Waals surface area contributed by atoms with Crippen LogP contribution in [0.15, 0.2) is 52.4 Å². The Morgan fingerprint density at radius 2 is 2.00 bits per heavy atom. The second kappa shape index (κ2) is 9.54. The van der Waals surface area contributed by atoms with E-state index in [1.165, 1.54) is 5.01 Å². The number of hydrazone groups is 1. The minimum absolute atomic E-state index is 0.113. The predicted octanol–water partition coefficient (Wildman–Crippen LogP) is 3.81. The zero-order chi connectivity index (χ0) is 23.5. The number of H-pyrrole nitrogens is 1. The van der Waals surface area contributed by atoms with Gasteiger partial charge in [0.25, 0.3) is 11.5 Å². The van der Waals surface area contributed by atoms with Crippen molar-refractivity contribution < 1.29 is 9.59 Å². The molecule has 0 spiro atoms. The lowest BCUT2D eigenvalue weighted by Crippen LogP contribution is -2.42. The van der Waals surface area contributed by atoms with E-state index in [9.17, 15) is 14.4 Å². The molecule has 0 bridgehead atoms. The number of aromatic amines is 1. The number of carbonyl (C=O) groups is 2. The van der Waals surface area contributed by atoms with Crippen LogP contribution in [-0.2, 0) is 16.1 Å². The molecule has 0 saturated heterocycles. The lowest BCUT2D eigenvalue weighted by molar-refractivity contribution is -0.125. The molecule has 2 aromatic carbocycles. The number of aryl methyl sites for hydroxylation is 1. The summed E-state index contributed by atoms with van der Waals surface area (Å²) in [7, 11) is 0. The number of nitrogens with zero attached hydrogens (tertiary/aromatic N) is 4. The Kier molecular flexibility index (Phi) is 6.55. The van der Waals surface area contributed by atoms with E-state index < -0.39 is 0 Å². The summed E-state index contributed by atoms with van der Waals surface area (Å²) in [5.74, 6) is -0.0768. The Hall–Kier alpha value is -3.52. The molecule has 0 radical (unpaired) electrons. The van der Waals surface area contributed by atoms with Crippen molar-refractivity contribution in [3.8, 4) is 0 Å². The van der Waals surface area contributed by atoms with Gasteiger partial charge in [-0.05, 0) is 49.2 Å². The van der Waals surface area contributed by atoms with Gasteiger partial charge in [-0.25, -0.2) is 9.99 Å². The monoisotopic (exact) mass is 465 g/mol. The van der Waals surface area contributed by atoms with Crippen LogP contribution in [-0.4, -0.2) is 38.9 Å². The minimum Gasteiger partial charge on any atom is -0.330 e. The van der Waals surface area contributed by atoms with Gasteiger partial charge in [-0.15, -0.1) is 0 Å². The molecule has 3 aromatic rings. The molecule has 1 aromatic heterocycles. The van der Waals surface area contributed by atoms with Crippen molar-refractivity contribution in [3.05, 3.63) is 69.2 Å². The molecule has 1 N–H and O–H groups in total. The normalized spacial score (nSPS) is 13.8. The van der Waals surface area contributed by atoms with Crippen LogP contribution in [0, 0.1) is 6.92 Å². The Morgan fingerprint density at radius 3 is 2.76 bits per heavy atom. The zero-order valence-electron chi connectivity index (χ0n) is 18.5. The number of halogens is 1. The van der Waals surface area contributed by atoms with Crippen molar-refractivity contribution >= 4 is 45.7 Å². The largest absolute Gasteiger partial charge is 0.330 e. The molecule has 0 atom stereocenters. The molecular formula is C24H24ClN5O3. The van der Waals surface area contributed by atoms with E-state index in [-0.39, 0.29) is 36.8 Å². The van der Waals surface area contributed by atoms with Crippen molar-refractivity contribution in [2.45, 2.75) is 39.7 Å². The van der Waals surface area contributed by atoms with Crippen molar-refractivity contribution in [3.63, 3.8) is 0 Å². The van der Waals surface area contributed by atoms with E-state index in [1.54, 1.807) is 29.2 Å². The second-order valence-corrected chi connectivity index (χ2v) is 8.43. The first kappa shape index (κ1) is 22.7. The summed E-state index contributed by atoms with van der Waals surface area (Å²) in [6.07, 6.45) is 1.17. The lowest BCUT2D eigenvalue weighted by Gasteiger charge is -2.27. The van der Waals surface area contributed by atoms with Crippen LogP contribution in [0.25, 0.3) is 10.9 Å². The average Bonchev–Trinajstić information content (AvgIpc) is 2.78. The summed E-state index contributed by atoms with van der Waals surface area (Å²) in [6, 6.07) is 12.3. The SMILES string of the molecule is CCCN(Cc1nc2cc(Cl)ccc2c(=O)[nH]1)C(=O)C1=NN(c2cccc(C)c2)C(=O)CC1. The lowest BCUT2D eigenvalue weighted by atomic mass is 10.1. The number of aromatic nitrogens is 2. The molecule has 0 unspecified atom stereocenters. The van der Waals surface area contributed by atoms with E-state index in [4.69, 9.17) is 11.6 Å². The molecule has 2 amide bonds. The van der Waals surface area contributed by atoms with Crippen LogP contribution >= 0.6 is 11.6 Å². The summed E-state index contributed by atoms with van der Waals surface area (Å²) in [6.45, 7) is 4.46. The number of amides is 2. The fourth-order valence-electron chi connectivity index (χ4n) is 3.79. The number of hydrogen-bond acceptors (Lipinski definition) is 5. The first-order chi connectivity index (χ1) is 15.9.